The van der Waals surface area contributed by atoms with E-state index < -0.39 is 10.8 Å². The fourth-order valence-electron chi connectivity index (χ4n) is 2.08. The van der Waals surface area contributed by atoms with Crippen LogP contribution in [0.15, 0.2) is 48.5 Å². The van der Waals surface area contributed by atoms with Crippen LogP contribution in [0.1, 0.15) is 15.9 Å². The molecular formula is C17H18N2O5. The van der Waals surface area contributed by atoms with Crippen LogP contribution in [0.4, 0.5) is 5.69 Å². The van der Waals surface area contributed by atoms with Crippen molar-refractivity contribution >= 4 is 11.6 Å². The molecule has 0 saturated heterocycles. The van der Waals surface area contributed by atoms with E-state index >= 15 is 0 Å². The van der Waals surface area contributed by atoms with Crippen molar-refractivity contribution in [2.45, 2.75) is 6.61 Å². The molecular weight excluding hydrogens is 312 g/mol. The van der Waals surface area contributed by atoms with Crippen LogP contribution in [0, 0.1) is 10.1 Å². The normalized spacial score (nSPS) is 10.2. The number of methoxy groups -OCH3 is 1. The van der Waals surface area contributed by atoms with Crippen molar-refractivity contribution in [1.82, 2.24) is 5.32 Å². The SMILES string of the molecule is COc1ccc(C(=O)NCCOCc2ccccc2)cc1[N+](=O)[O-]. The third-order valence-corrected chi connectivity index (χ3v) is 3.28. The molecule has 24 heavy (non-hydrogen) atoms. The highest BCUT2D eigenvalue weighted by Crippen LogP contribution is 2.27. The predicted molar refractivity (Wildman–Crippen MR) is 88.1 cm³/mol. The molecule has 0 atom stereocenters. The van der Waals surface area contributed by atoms with Crippen LogP contribution in [0.25, 0.3) is 0 Å². The highest BCUT2D eigenvalue weighted by atomic mass is 16.6. The molecule has 0 saturated carbocycles. The monoisotopic (exact) mass is 330 g/mol. The summed E-state index contributed by atoms with van der Waals surface area (Å²) < 4.78 is 10.4. The van der Waals surface area contributed by atoms with Crippen molar-refractivity contribution in [3.05, 3.63) is 69.8 Å². The summed E-state index contributed by atoms with van der Waals surface area (Å²) in [5.41, 5.74) is 1.01. The van der Waals surface area contributed by atoms with Crippen LogP contribution in [-0.2, 0) is 11.3 Å². The van der Waals surface area contributed by atoms with E-state index in [1.54, 1.807) is 0 Å². The molecule has 126 valence electrons. The zero-order valence-electron chi connectivity index (χ0n) is 13.2. The van der Waals surface area contributed by atoms with E-state index in [9.17, 15) is 14.9 Å². The largest absolute Gasteiger partial charge is 0.490 e. The molecule has 0 aliphatic carbocycles. The quantitative estimate of drug-likeness (QED) is 0.456. The number of ether oxygens (including phenoxy) is 2. The molecule has 7 heteroatoms. The van der Waals surface area contributed by atoms with Crippen LogP contribution in [-0.4, -0.2) is 31.1 Å². The maximum absolute atomic E-state index is 12.0. The Morgan fingerprint density at radius 2 is 1.96 bits per heavy atom. The Morgan fingerprint density at radius 1 is 1.21 bits per heavy atom. The van der Waals surface area contributed by atoms with Crippen LogP contribution in [0.3, 0.4) is 0 Å². The lowest BCUT2D eigenvalue weighted by Gasteiger charge is -2.08. The summed E-state index contributed by atoms with van der Waals surface area (Å²) >= 11 is 0. The Morgan fingerprint density at radius 3 is 2.62 bits per heavy atom. The second-order valence-electron chi connectivity index (χ2n) is 4.94. The van der Waals surface area contributed by atoms with Gasteiger partial charge in [-0.05, 0) is 17.7 Å². The maximum Gasteiger partial charge on any atom is 0.311 e. The molecule has 0 aromatic heterocycles. The van der Waals surface area contributed by atoms with E-state index in [2.05, 4.69) is 5.32 Å². The van der Waals surface area contributed by atoms with E-state index in [-0.39, 0.29) is 17.0 Å². The van der Waals surface area contributed by atoms with E-state index in [1.807, 2.05) is 30.3 Å². The summed E-state index contributed by atoms with van der Waals surface area (Å²) in [7, 11) is 1.34. The van der Waals surface area contributed by atoms with E-state index in [0.29, 0.717) is 19.8 Å². The summed E-state index contributed by atoms with van der Waals surface area (Å²) in [4.78, 5) is 22.4. The average molecular weight is 330 g/mol. The van der Waals surface area contributed by atoms with Crippen LogP contribution in [0.5, 0.6) is 5.75 Å². The highest BCUT2D eigenvalue weighted by molar-refractivity contribution is 5.95. The number of carbonyl (C=O) groups is 1. The zero-order valence-corrected chi connectivity index (χ0v) is 13.2. The van der Waals surface area contributed by atoms with E-state index in [4.69, 9.17) is 9.47 Å². The predicted octanol–water partition coefficient (Wildman–Crippen LogP) is 2.55. The van der Waals surface area contributed by atoms with Crippen molar-refractivity contribution in [3.63, 3.8) is 0 Å². The van der Waals surface area contributed by atoms with Gasteiger partial charge in [-0.15, -0.1) is 0 Å². The Labute approximate surface area is 139 Å². The standard InChI is InChI=1S/C17H18N2O5/c1-23-16-8-7-14(11-15(16)19(21)22)17(20)18-9-10-24-12-13-5-3-2-4-6-13/h2-8,11H,9-10,12H2,1H3,(H,18,20). The first-order valence-corrected chi connectivity index (χ1v) is 7.34. The van der Waals surface area contributed by atoms with Crippen LogP contribution in [0.2, 0.25) is 0 Å². The minimum atomic E-state index is -0.585. The van der Waals surface area contributed by atoms with Gasteiger partial charge in [0, 0.05) is 18.2 Å². The number of hydrogen-bond donors (Lipinski definition) is 1. The number of nitro benzene ring substituents is 1. The molecule has 7 nitrogen and oxygen atoms in total. The highest BCUT2D eigenvalue weighted by Gasteiger charge is 2.17. The Balaban J connectivity index is 1.82. The first-order valence-electron chi connectivity index (χ1n) is 7.34. The number of carbonyl (C=O) groups excluding carboxylic acids is 1. The van der Waals surface area contributed by atoms with E-state index in [1.165, 1.54) is 25.3 Å². The zero-order chi connectivity index (χ0) is 17.4. The molecule has 0 fully saturated rings. The average Bonchev–Trinajstić information content (AvgIpc) is 2.61. The molecule has 1 N–H and O–H groups in total. The third-order valence-electron chi connectivity index (χ3n) is 3.28. The minimum absolute atomic E-state index is 0.114. The smallest absolute Gasteiger partial charge is 0.311 e. The Kier molecular flexibility index (Phi) is 6.27. The van der Waals surface area contributed by atoms with Gasteiger partial charge in [-0.2, -0.15) is 0 Å². The van der Waals surface area contributed by atoms with Gasteiger partial charge >= 0.3 is 5.69 Å². The van der Waals surface area contributed by atoms with Gasteiger partial charge < -0.3 is 14.8 Å². The van der Waals surface area contributed by atoms with Crippen molar-refractivity contribution < 1.29 is 19.2 Å². The van der Waals surface area contributed by atoms with Gasteiger partial charge in [0.25, 0.3) is 5.91 Å². The van der Waals surface area contributed by atoms with Gasteiger partial charge in [0.15, 0.2) is 5.75 Å². The number of nitrogens with one attached hydrogen (secondary N) is 1. The number of hydrogen-bond acceptors (Lipinski definition) is 5. The molecule has 0 bridgehead atoms. The second-order valence-corrected chi connectivity index (χ2v) is 4.94. The molecule has 2 aromatic rings. The fourth-order valence-corrected chi connectivity index (χ4v) is 2.08. The van der Waals surface area contributed by atoms with Gasteiger partial charge in [0.2, 0.25) is 0 Å². The lowest BCUT2D eigenvalue weighted by Crippen LogP contribution is -2.27. The maximum atomic E-state index is 12.0. The summed E-state index contributed by atoms with van der Waals surface area (Å²) in [6.07, 6.45) is 0. The first-order chi connectivity index (χ1) is 11.6. The number of amides is 1. The summed E-state index contributed by atoms with van der Waals surface area (Å²) in [6, 6.07) is 13.8. The van der Waals surface area contributed by atoms with Crippen molar-refractivity contribution in [2.24, 2.45) is 0 Å². The molecule has 0 unspecified atom stereocenters. The van der Waals surface area contributed by atoms with Gasteiger partial charge in [0.1, 0.15) is 0 Å². The molecule has 2 rings (SSSR count). The minimum Gasteiger partial charge on any atom is -0.490 e. The lowest BCUT2D eigenvalue weighted by molar-refractivity contribution is -0.385. The third kappa shape index (κ3) is 4.79. The van der Waals surface area contributed by atoms with E-state index in [0.717, 1.165) is 5.56 Å². The molecule has 0 spiro atoms. The topological polar surface area (TPSA) is 90.7 Å². The van der Waals surface area contributed by atoms with Gasteiger partial charge in [-0.25, -0.2) is 0 Å². The fraction of sp³-hybridized carbons (Fsp3) is 0.235. The summed E-state index contributed by atoms with van der Waals surface area (Å²) in [6.45, 7) is 1.12. The van der Waals surface area contributed by atoms with Crippen LogP contribution < -0.4 is 10.1 Å². The van der Waals surface area contributed by atoms with Crippen molar-refractivity contribution in [3.8, 4) is 5.75 Å². The summed E-state index contributed by atoms with van der Waals surface area (Å²) in [5.74, 6) is -0.285. The Hall–Kier alpha value is -2.93. The summed E-state index contributed by atoms with van der Waals surface area (Å²) in [5, 5.41) is 13.6. The number of nitro groups is 1. The number of nitrogens with zero attached hydrogens (tertiary/aromatic N) is 1. The van der Waals surface area contributed by atoms with Crippen molar-refractivity contribution in [1.29, 1.82) is 0 Å². The van der Waals surface area contributed by atoms with Crippen LogP contribution >= 0.6 is 0 Å². The first kappa shape index (κ1) is 17.4. The van der Waals surface area contributed by atoms with Gasteiger partial charge in [-0.3, -0.25) is 14.9 Å². The van der Waals surface area contributed by atoms with Crippen molar-refractivity contribution in [2.75, 3.05) is 20.3 Å². The molecule has 0 aliphatic heterocycles. The molecule has 2 aromatic carbocycles. The molecule has 0 radical (unpaired) electrons. The molecule has 0 heterocycles. The lowest BCUT2D eigenvalue weighted by atomic mass is 10.1. The number of rotatable bonds is 8. The van der Waals surface area contributed by atoms with Gasteiger partial charge in [0.05, 0.1) is 25.2 Å². The number of benzene rings is 2. The molecule has 1 amide bonds. The molecule has 0 aliphatic rings. The second kappa shape index (κ2) is 8.64. The Bertz CT molecular complexity index is 703. The van der Waals surface area contributed by atoms with Gasteiger partial charge in [-0.1, -0.05) is 30.3 Å².